The minimum atomic E-state index is -0.287. The second kappa shape index (κ2) is 9.76. The Kier molecular flexibility index (Phi) is 6.17. The number of nitrogens with two attached hydrogens (primary N) is 3. The first-order valence-electron chi connectivity index (χ1n) is 11.2. The van der Waals surface area contributed by atoms with E-state index in [9.17, 15) is 10.1 Å². The number of pyridine rings is 1. The molecule has 0 saturated carbocycles. The summed E-state index contributed by atoms with van der Waals surface area (Å²) in [6.07, 6.45) is 1.60. The van der Waals surface area contributed by atoms with Gasteiger partial charge >= 0.3 is 0 Å². The third-order valence-corrected chi connectivity index (χ3v) is 5.64. The van der Waals surface area contributed by atoms with Gasteiger partial charge in [-0.3, -0.25) is 14.8 Å². The summed E-state index contributed by atoms with van der Waals surface area (Å²) in [5, 5.41) is 23.3. The van der Waals surface area contributed by atoms with Crippen molar-refractivity contribution < 1.29 is 0 Å². The van der Waals surface area contributed by atoms with E-state index in [2.05, 4.69) is 36.3 Å². The van der Waals surface area contributed by atoms with Crippen LogP contribution in [0.3, 0.4) is 0 Å². The van der Waals surface area contributed by atoms with E-state index in [0.717, 1.165) is 0 Å². The molecule has 6 N–H and O–H groups in total. The molecular weight excluding hydrogens is 486 g/mol. The Hall–Kier alpha value is -5.68. The Bertz CT molecular complexity index is 1780. The fourth-order valence-electron chi connectivity index (χ4n) is 3.89. The summed E-state index contributed by atoms with van der Waals surface area (Å²) < 4.78 is 2.57. The summed E-state index contributed by atoms with van der Waals surface area (Å²) in [4.78, 5) is 25.5. The predicted octanol–water partition coefficient (Wildman–Crippen LogP) is 0.397. The molecule has 1 aromatic carbocycles. The lowest BCUT2D eigenvalue weighted by molar-refractivity contribution is 0.419. The number of hydrogen-bond acceptors (Lipinski definition) is 11. The Labute approximate surface area is 215 Å². The highest BCUT2D eigenvalue weighted by atomic mass is 16.1. The molecule has 188 valence electrons. The summed E-state index contributed by atoms with van der Waals surface area (Å²) in [7, 11) is 1.54. The molecule has 14 nitrogen and oxygen atoms in total. The normalized spacial score (nSPS) is 11.4. The van der Waals surface area contributed by atoms with Gasteiger partial charge in [0.15, 0.2) is 17.3 Å². The Morgan fingerprint density at radius 1 is 1.13 bits per heavy atom. The maximum absolute atomic E-state index is 12.0. The van der Waals surface area contributed by atoms with Crippen LogP contribution in [0.5, 0.6) is 0 Å². The van der Waals surface area contributed by atoms with Crippen molar-refractivity contribution in [3.8, 4) is 28.6 Å². The van der Waals surface area contributed by atoms with Crippen molar-refractivity contribution in [1.29, 1.82) is 5.26 Å². The maximum Gasteiger partial charge on any atom is 0.266 e. The van der Waals surface area contributed by atoms with Crippen molar-refractivity contribution >= 4 is 17.4 Å². The molecule has 0 fully saturated rings. The van der Waals surface area contributed by atoms with Crippen molar-refractivity contribution in [2.45, 2.75) is 6.54 Å². The number of benzene rings is 1. The Morgan fingerprint density at radius 2 is 1.97 bits per heavy atom. The van der Waals surface area contributed by atoms with Gasteiger partial charge in [-0.2, -0.15) is 20.0 Å². The molecular formula is C24H21N13O. The van der Waals surface area contributed by atoms with Crippen LogP contribution in [0.25, 0.3) is 28.2 Å². The topological polar surface area (TPSA) is 208 Å². The van der Waals surface area contributed by atoms with Crippen LogP contribution in [0.1, 0.15) is 17.1 Å². The zero-order valence-electron chi connectivity index (χ0n) is 20.1. The lowest BCUT2D eigenvalue weighted by atomic mass is 10.0. The predicted molar refractivity (Wildman–Crippen MR) is 139 cm³/mol. The van der Waals surface area contributed by atoms with Gasteiger partial charge < -0.3 is 11.6 Å². The number of nitriles is 1. The zero-order valence-corrected chi connectivity index (χ0v) is 20.1. The summed E-state index contributed by atoms with van der Waals surface area (Å²) in [5.74, 6) is 12.4. The molecule has 4 heterocycles. The number of nitrogens with zero attached hydrogens (tertiary/aromatic N) is 10. The summed E-state index contributed by atoms with van der Waals surface area (Å²) in [6, 6.07) is 17.2. The highest BCUT2D eigenvalue weighted by Crippen LogP contribution is 2.33. The quantitative estimate of drug-likeness (QED) is 0.128. The third-order valence-electron chi connectivity index (χ3n) is 5.64. The summed E-state index contributed by atoms with van der Waals surface area (Å²) in [6.45, 7) is 0.00707. The van der Waals surface area contributed by atoms with E-state index < -0.39 is 0 Å². The van der Waals surface area contributed by atoms with Crippen LogP contribution in [0, 0.1) is 11.3 Å². The molecule has 0 aliphatic heterocycles. The number of hydrazone groups is 1. The van der Waals surface area contributed by atoms with Gasteiger partial charge in [0, 0.05) is 24.9 Å². The highest BCUT2D eigenvalue weighted by Gasteiger charge is 2.23. The second-order valence-electron chi connectivity index (χ2n) is 8.13. The lowest BCUT2D eigenvalue weighted by Crippen LogP contribution is -2.39. The number of hydrogen-bond donors (Lipinski definition) is 3. The van der Waals surface area contributed by atoms with E-state index in [1.54, 1.807) is 54.7 Å². The smallest absolute Gasteiger partial charge is 0.266 e. The third kappa shape index (κ3) is 4.36. The van der Waals surface area contributed by atoms with Gasteiger partial charge in [-0.05, 0) is 30.3 Å². The maximum atomic E-state index is 12.0. The molecule has 0 amide bonds. The number of aryl methyl sites for hydroxylation is 1. The number of fused-ring (bicyclic) bond motifs is 1. The number of rotatable bonds is 5. The summed E-state index contributed by atoms with van der Waals surface area (Å²) in [5.41, 5.74) is 9.14. The molecule has 5 aromatic rings. The van der Waals surface area contributed by atoms with Crippen LogP contribution in [0.2, 0.25) is 0 Å². The van der Waals surface area contributed by atoms with E-state index >= 15 is 0 Å². The van der Waals surface area contributed by atoms with Gasteiger partial charge in [0.05, 0.1) is 35.1 Å². The average molecular weight is 508 g/mol. The molecule has 0 radical (unpaired) electrons. The molecule has 38 heavy (non-hydrogen) atoms. The molecule has 0 aliphatic rings. The second-order valence-corrected chi connectivity index (χ2v) is 8.13. The van der Waals surface area contributed by atoms with Crippen LogP contribution in [-0.4, -0.2) is 45.2 Å². The Balaban J connectivity index is 1.68. The molecule has 14 heteroatoms. The monoisotopic (exact) mass is 507 g/mol. The lowest BCUT2D eigenvalue weighted by Gasteiger charge is -2.17. The van der Waals surface area contributed by atoms with Crippen LogP contribution >= 0.6 is 0 Å². The van der Waals surface area contributed by atoms with Crippen LogP contribution in [0.4, 0.5) is 5.95 Å². The van der Waals surface area contributed by atoms with Gasteiger partial charge in [-0.1, -0.05) is 18.2 Å². The van der Waals surface area contributed by atoms with Crippen LogP contribution < -0.4 is 23.0 Å². The van der Waals surface area contributed by atoms with Gasteiger partial charge in [0.1, 0.15) is 5.69 Å². The molecule has 4 aromatic heterocycles. The number of anilines is 1. The minimum absolute atomic E-state index is 0.00707. The molecule has 0 spiro atoms. The van der Waals surface area contributed by atoms with Crippen LogP contribution in [-0.2, 0) is 13.6 Å². The first-order chi connectivity index (χ1) is 18.4. The number of hydrazine groups is 1. The van der Waals surface area contributed by atoms with Gasteiger partial charge in [0.2, 0.25) is 5.95 Å². The first-order valence-corrected chi connectivity index (χ1v) is 11.2. The van der Waals surface area contributed by atoms with Crippen molar-refractivity contribution in [3.05, 3.63) is 88.2 Å². The average Bonchev–Trinajstić information content (AvgIpc) is 3.35. The molecule has 0 atom stereocenters. The number of amidine groups is 1. The van der Waals surface area contributed by atoms with E-state index in [0.29, 0.717) is 39.4 Å². The minimum Gasteiger partial charge on any atom is -0.368 e. The molecule has 0 aliphatic carbocycles. The summed E-state index contributed by atoms with van der Waals surface area (Å²) >= 11 is 0. The van der Waals surface area contributed by atoms with Crippen molar-refractivity contribution in [3.63, 3.8) is 0 Å². The van der Waals surface area contributed by atoms with E-state index in [1.165, 1.54) is 27.3 Å². The standard InChI is InChI=1S/C24H21N13O/c1-35-19(38)9-8-16(33-35)20-21(15-6-4-5-14(11-15)12-25)31-24(26)37-23(20)30-18(34-37)13-36(28)22(32-27)17-7-2-3-10-29-17/h2-11H,13,27-28H2,1H3,(H2,26,31)/b32-22-. The largest absolute Gasteiger partial charge is 0.368 e. The zero-order chi connectivity index (χ0) is 26.8. The highest BCUT2D eigenvalue weighted by molar-refractivity contribution is 5.96. The van der Waals surface area contributed by atoms with Crippen LogP contribution in [0.15, 0.2) is 70.7 Å². The van der Waals surface area contributed by atoms with Crippen molar-refractivity contribution in [2.24, 2.45) is 23.8 Å². The van der Waals surface area contributed by atoms with Crippen molar-refractivity contribution in [2.75, 3.05) is 5.73 Å². The molecule has 0 bridgehead atoms. The Morgan fingerprint density at radius 3 is 2.68 bits per heavy atom. The van der Waals surface area contributed by atoms with E-state index in [-0.39, 0.29) is 29.7 Å². The van der Waals surface area contributed by atoms with Gasteiger partial charge in [-0.25, -0.2) is 20.5 Å². The number of nitrogen functional groups attached to an aromatic ring is 1. The first kappa shape index (κ1) is 24.0. The van der Waals surface area contributed by atoms with Gasteiger partial charge in [-0.15, -0.1) is 5.10 Å². The molecule has 5 rings (SSSR count). The fourth-order valence-corrected chi connectivity index (χ4v) is 3.89. The molecule has 0 saturated heterocycles. The molecule has 0 unspecified atom stereocenters. The van der Waals surface area contributed by atoms with E-state index in [1.807, 2.05) is 0 Å². The van der Waals surface area contributed by atoms with E-state index in [4.69, 9.17) is 17.4 Å². The fraction of sp³-hybridized carbons (Fsp3) is 0.0833. The van der Waals surface area contributed by atoms with Crippen molar-refractivity contribution in [1.82, 2.24) is 39.4 Å². The van der Waals surface area contributed by atoms with Gasteiger partial charge in [0.25, 0.3) is 5.56 Å². The SMILES string of the molecule is Cn1nc(-c2c(-c3cccc(C#N)c3)nc(N)n3nc(CN(N)/C(=N\N)c4ccccn4)nc23)ccc1=O. The number of aromatic nitrogens is 7.